The van der Waals surface area contributed by atoms with Gasteiger partial charge in [0.15, 0.2) is 11.5 Å². The highest BCUT2D eigenvalue weighted by molar-refractivity contribution is 8.16. The van der Waals surface area contributed by atoms with Gasteiger partial charge in [-0.2, -0.15) is 0 Å². The second-order valence-corrected chi connectivity index (χ2v) is 7.67. The van der Waals surface area contributed by atoms with Crippen molar-refractivity contribution in [2.24, 2.45) is 0 Å². The number of thioether (sulfide) groups is 2. The molecule has 0 radical (unpaired) electrons. The molecule has 5 heteroatoms. The van der Waals surface area contributed by atoms with Crippen LogP contribution in [0.5, 0.6) is 11.5 Å². The normalized spacial score (nSPS) is 23.8. The average molecular weight is 312 g/mol. The Morgan fingerprint density at radius 2 is 2.05 bits per heavy atom. The summed E-state index contributed by atoms with van der Waals surface area (Å²) in [6.07, 6.45) is 2.43. The molecule has 0 saturated carbocycles. The molecule has 0 amide bonds. The van der Waals surface area contributed by atoms with Crippen molar-refractivity contribution >= 4 is 23.5 Å². The molecule has 3 nitrogen and oxygen atoms in total. The van der Waals surface area contributed by atoms with E-state index in [0.29, 0.717) is 11.2 Å². The van der Waals surface area contributed by atoms with Gasteiger partial charge in [0, 0.05) is 6.42 Å². The minimum absolute atomic E-state index is 0.158. The summed E-state index contributed by atoms with van der Waals surface area (Å²) in [7, 11) is 1.69. The third-order valence-electron chi connectivity index (χ3n) is 3.47. The monoisotopic (exact) mass is 312 g/mol. The van der Waals surface area contributed by atoms with Crippen LogP contribution in [-0.4, -0.2) is 37.9 Å². The summed E-state index contributed by atoms with van der Waals surface area (Å²) in [6, 6.07) is 6.33. The summed E-state index contributed by atoms with van der Waals surface area (Å²) in [6.45, 7) is 1.47. The van der Waals surface area contributed by atoms with Crippen LogP contribution in [0.1, 0.15) is 23.0 Å². The lowest BCUT2D eigenvalue weighted by Gasteiger charge is -2.23. The minimum Gasteiger partial charge on any atom is -0.493 e. The van der Waals surface area contributed by atoms with Crippen molar-refractivity contribution < 1.29 is 14.2 Å². The first kappa shape index (κ1) is 14.4. The summed E-state index contributed by atoms with van der Waals surface area (Å²) < 4.78 is 17.4. The van der Waals surface area contributed by atoms with Crippen LogP contribution in [0.15, 0.2) is 18.2 Å². The van der Waals surface area contributed by atoms with Gasteiger partial charge < -0.3 is 14.2 Å². The van der Waals surface area contributed by atoms with E-state index in [2.05, 4.69) is 12.1 Å². The molecule has 20 heavy (non-hydrogen) atoms. The van der Waals surface area contributed by atoms with Gasteiger partial charge in [0.05, 0.1) is 24.9 Å². The van der Waals surface area contributed by atoms with E-state index >= 15 is 0 Å². The summed E-state index contributed by atoms with van der Waals surface area (Å²) >= 11 is 4.05. The molecule has 2 fully saturated rings. The second kappa shape index (κ2) is 6.96. The van der Waals surface area contributed by atoms with E-state index in [1.54, 1.807) is 7.11 Å². The Balaban J connectivity index is 1.78. The second-order valence-electron chi connectivity index (χ2n) is 4.94. The van der Waals surface area contributed by atoms with E-state index in [0.717, 1.165) is 24.5 Å². The molecule has 0 aliphatic carbocycles. The molecule has 0 aromatic heterocycles. The lowest BCUT2D eigenvalue weighted by atomic mass is 10.2. The van der Waals surface area contributed by atoms with Crippen LogP contribution in [0.2, 0.25) is 0 Å². The molecule has 2 aliphatic rings. The molecule has 1 unspecified atom stereocenters. The third kappa shape index (κ3) is 3.38. The van der Waals surface area contributed by atoms with Crippen molar-refractivity contribution in [2.45, 2.75) is 23.5 Å². The third-order valence-corrected chi connectivity index (χ3v) is 6.48. The van der Waals surface area contributed by atoms with Crippen LogP contribution in [0.3, 0.4) is 0 Å². The van der Waals surface area contributed by atoms with Crippen molar-refractivity contribution in [1.29, 1.82) is 0 Å². The number of methoxy groups -OCH3 is 1. The first-order chi connectivity index (χ1) is 9.86. The van der Waals surface area contributed by atoms with Crippen LogP contribution in [0.4, 0.5) is 0 Å². The fraction of sp³-hybridized carbons (Fsp3) is 0.600. The van der Waals surface area contributed by atoms with E-state index < -0.39 is 0 Å². The summed E-state index contributed by atoms with van der Waals surface area (Å²) in [5.74, 6) is 4.16. The highest BCUT2D eigenvalue weighted by Crippen LogP contribution is 2.45. The zero-order valence-electron chi connectivity index (χ0n) is 11.7. The Hall–Kier alpha value is -0.520. The molecule has 0 bridgehead atoms. The van der Waals surface area contributed by atoms with Crippen LogP contribution in [0.25, 0.3) is 0 Å². The molecule has 1 aromatic carbocycles. The van der Waals surface area contributed by atoms with Gasteiger partial charge >= 0.3 is 0 Å². The molecule has 2 heterocycles. The predicted molar refractivity (Wildman–Crippen MR) is 85.1 cm³/mol. The molecular weight excluding hydrogens is 292 g/mol. The van der Waals surface area contributed by atoms with Crippen molar-refractivity contribution in [1.82, 2.24) is 0 Å². The Bertz CT molecular complexity index is 441. The van der Waals surface area contributed by atoms with Crippen molar-refractivity contribution in [3.63, 3.8) is 0 Å². The summed E-state index contributed by atoms with van der Waals surface area (Å²) in [5.41, 5.74) is 1.33. The molecule has 2 aliphatic heterocycles. The topological polar surface area (TPSA) is 27.7 Å². The van der Waals surface area contributed by atoms with Crippen LogP contribution in [-0.2, 0) is 4.74 Å². The summed E-state index contributed by atoms with van der Waals surface area (Å²) in [4.78, 5) is 0. The Morgan fingerprint density at radius 3 is 2.75 bits per heavy atom. The molecule has 1 aromatic rings. The average Bonchev–Trinajstić information content (AvgIpc) is 3.01. The first-order valence-electron chi connectivity index (χ1n) is 7.02. The Kier molecular flexibility index (Phi) is 5.02. The fourth-order valence-electron chi connectivity index (χ4n) is 2.40. The maximum atomic E-state index is 6.06. The maximum absolute atomic E-state index is 6.06. The molecule has 0 spiro atoms. The van der Waals surface area contributed by atoms with Crippen LogP contribution < -0.4 is 9.47 Å². The summed E-state index contributed by atoms with van der Waals surface area (Å²) in [5, 5.41) is 0. The van der Waals surface area contributed by atoms with Gasteiger partial charge in [-0.15, -0.1) is 23.5 Å². The maximum Gasteiger partial charge on any atom is 0.162 e. The lowest BCUT2D eigenvalue weighted by Crippen LogP contribution is -2.16. The van der Waals surface area contributed by atoms with Gasteiger partial charge in [0.2, 0.25) is 0 Å². The van der Waals surface area contributed by atoms with E-state index in [4.69, 9.17) is 14.2 Å². The molecular formula is C15H20O3S2. The smallest absolute Gasteiger partial charge is 0.162 e. The van der Waals surface area contributed by atoms with E-state index in [1.807, 2.05) is 29.6 Å². The lowest BCUT2D eigenvalue weighted by molar-refractivity contribution is 0.138. The van der Waals surface area contributed by atoms with Gasteiger partial charge in [0.1, 0.15) is 6.10 Å². The van der Waals surface area contributed by atoms with Crippen LogP contribution >= 0.6 is 23.5 Å². The highest BCUT2D eigenvalue weighted by Gasteiger charge is 2.22. The number of hydrogen-bond donors (Lipinski definition) is 0. The first-order valence-corrected chi connectivity index (χ1v) is 9.12. The standard InChI is InChI=1S/C15H20O3S2/c1-16-13-4-3-11(15-19-7-2-8-20-15)9-14(13)18-12-5-6-17-10-12/h3-4,9,12,15H,2,5-8,10H2,1H3. The Morgan fingerprint density at radius 1 is 1.20 bits per heavy atom. The number of hydrogen-bond acceptors (Lipinski definition) is 5. The van der Waals surface area contributed by atoms with Gasteiger partial charge in [0.25, 0.3) is 0 Å². The number of benzene rings is 1. The largest absolute Gasteiger partial charge is 0.493 e. The van der Waals surface area contributed by atoms with E-state index in [1.165, 1.54) is 23.5 Å². The van der Waals surface area contributed by atoms with Gasteiger partial charge in [-0.05, 0) is 35.6 Å². The Labute approximate surface area is 128 Å². The van der Waals surface area contributed by atoms with E-state index in [-0.39, 0.29) is 6.10 Å². The van der Waals surface area contributed by atoms with Crippen molar-refractivity contribution in [2.75, 3.05) is 31.8 Å². The zero-order valence-corrected chi connectivity index (χ0v) is 13.3. The predicted octanol–water partition coefficient (Wildman–Crippen LogP) is 3.73. The molecule has 2 saturated heterocycles. The SMILES string of the molecule is COc1ccc(C2SCCCS2)cc1OC1CCOC1. The fourth-order valence-corrected chi connectivity index (χ4v) is 5.27. The molecule has 1 atom stereocenters. The highest BCUT2D eigenvalue weighted by atomic mass is 32.2. The van der Waals surface area contributed by atoms with Gasteiger partial charge in [-0.1, -0.05) is 6.07 Å². The van der Waals surface area contributed by atoms with Crippen molar-refractivity contribution in [3.8, 4) is 11.5 Å². The van der Waals surface area contributed by atoms with Gasteiger partial charge in [-0.25, -0.2) is 0 Å². The van der Waals surface area contributed by atoms with E-state index in [9.17, 15) is 0 Å². The number of rotatable bonds is 4. The molecule has 3 rings (SSSR count). The minimum atomic E-state index is 0.158. The molecule has 110 valence electrons. The quantitative estimate of drug-likeness (QED) is 0.844. The van der Waals surface area contributed by atoms with Gasteiger partial charge in [-0.3, -0.25) is 0 Å². The number of ether oxygens (including phenoxy) is 3. The van der Waals surface area contributed by atoms with Crippen molar-refractivity contribution in [3.05, 3.63) is 23.8 Å². The molecule has 0 N–H and O–H groups in total. The van der Waals surface area contributed by atoms with Crippen LogP contribution in [0, 0.1) is 0 Å². The zero-order chi connectivity index (χ0) is 13.8.